The molecule has 2 saturated heterocycles. The van der Waals surface area contributed by atoms with Crippen molar-refractivity contribution >= 4 is 0 Å². The molecular weight excluding hydrogens is 226 g/mol. The summed E-state index contributed by atoms with van der Waals surface area (Å²) < 4.78 is 5.28. The van der Waals surface area contributed by atoms with Crippen LogP contribution < -0.4 is 0 Å². The van der Waals surface area contributed by atoms with E-state index < -0.39 is 0 Å². The van der Waals surface area contributed by atoms with Crippen molar-refractivity contribution in [2.24, 2.45) is 0 Å². The average Bonchev–Trinajstić information content (AvgIpc) is 2.71. The van der Waals surface area contributed by atoms with Crippen LogP contribution in [0.25, 0.3) is 0 Å². The molecule has 100 valence electrons. The third-order valence-electron chi connectivity index (χ3n) is 4.30. The first-order chi connectivity index (χ1) is 8.43. The van der Waals surface area contributed by atoms with E-state index in [1.165, 1.54) is 19.5 Å². The van der Waals surface area contributed by atoms with Gasteiger partial charge in [-0.3, -0.25) is 9.80 Å². The molecule has 3 heterocycles. The molecule has 1 aromatic rings. The van der Waals surface area contributed by atoms with E-state index >= 15 is 0 Å². The zero-order valence-corrected chi connectivity index (χ0v) is 11.8. The summed E-state index contributed by atoms with van der Waals surface area (Å²) in [5.74, 6) is 0.770. The topological polar surface area (TPSA) is 32.5 Å². The number of rotatable bonds is 2. The summed E-state index contributed by atoms with van der Waals surface area (Å²) in [6.45, 7) is 12.2. The first-order valence-electron chi connectivity index (χ1n) is 6.85. The summed E-state index contributed by atoms with van der Waals surface area (Å²) in [5, 5.41) is 0. The van der Waals surface area contributed by atoms with E-state index in [4.69, 9.17) is 4.42 Å². The van der Waals surface area contributed by atoms with Gasteiger partial charge in [-0.1, -0.05) is 0 Å². The minimum absolute atomic E-state index is 0.299. The van der Waals surface area contributed by atoms with Gasteiger partial charge in [0.05, 0.1) is 5.69 Å². The van der Waals surface area contributed by atoms with Gasteiger partial charge in [0.15, 0.2) is 5.89 Å². The van der Waals surface area contributed by atoms with Crippen LogP contribution in [-0.2, 0) is 6.54 Å². The molecule has 0 N–H and O–H groups in total. The Morgan fingerprint density at radius 1 is 1.33 bits per heavy atom. The fourth-order valence-corrected chi connectivity index (χ4v) is 3.16. The number of oxazole rings is 1. The van der Waals surface area contributed by atoms with Gasteiger partial charge in [-0.05, 0) is 27.2 Å². The van der Waals surface area contributed by atoms with Gasteiger partial charge in [-0.25, -0.2) is 4.98 Å². The molecule has 0 aromatic carbocycles. The van der Waals surface area contributed by atoms with Crippen LogP contribution in [0, 0.1) is 6.92 Å². The lowest BCUT2D eigenvalue weighted by atomic mass is 9.84. The van der Waals surface area contributed by atoms with E-state index in [-0.39, 0.29) is 0 Å². The maximum atomic E-state index is 5.28. The van der Waals surface area contributed by atoms with Crippen molar-refractivity contribution in [1.82, 2.24) is 14.8 Å². The van der Waals surface area contributed by atoms with Crippen LogP contribution >= 0.6 is 0 Å². The molecule has 0 aliphatic carbocycles. The molecule has 3 rings (SSSR count). The first-order valence-corrected chi connectivity index (χ1v) is 6.85. The Bertz CT molecular complexity index is 422. The van der Waals surface area contributed by atoms with Crippen LogP contribution in [0.5, 0.6) is 0 Å². The molecule has 4 nitrogen and oxygen atoms in total. The molecule has 0 saturated carbocycles. The molecule has 2 unspecified atom stereocenters. The Balaban J connectivity index is 1.62. The number of piperidine rings is 1. The van der Waals surface area contributed by atoms with Crippen LogP contribution in [0.3, 0.4) is 0 Å². The molecular formula is C14H23N3O. The summed E-state index contributed by atoms with van der Waals surface area (Å²) in [6, 6.07) is 1.42. The third-order valence-corrected chi connectivity index (χ3v) is 4.30. The van der Waals surface area contributed by atoms with E-state index in [0.29, 0.717) is 17.6 Å². The summed E-state index contributed by atoms with van der Waals surface area (Å²) in [7, 11) is 0. The third kappa shape index (κ3) is 2.08. The zero-order chi connectivity index (χ0) is 12.9. The molecule has 4 heteroatoms. The average molecular weight is 249 g/mol. The van der Waals surface area contributed by atoms with Crippen molar-refractivity contribution in [3.63, 3.8) is 0 Å². The fourth-order valence-electron chi connectivity index (χ4n) is 3.16. The van der Waals surface area contributed by atoms with Crippen molar-refractivity contribution < 1.29 is 4.42 Å². The zero-order valence-electron chi connectivity index (χ0n) is 11.8. The van der Waals surface area contributed by atoms with Crippen LogP contribution in [0.1, 0.15) is 38.8 Å². The van der Waals surface area contributed by atoms with Gasteiger partial charge in [-0.2, -0.15) is 0 Å². The van der Waals surface area contributed by atoms with E-state index in [1.807, 2.05) is 6.92 Å². The fraction of sp³-hybridized carbons (Fsp3) is 0.786. The smallest absolute Gasteiger partial charge is 0.191 e. The predicted molar refractivity (Wildman–Crippen MR) is 70.3 cm³/mol. The second-order valence-electron chi connectivity index (χ2n) is 6.65. The SMILES string of the molecule is Cc1nc(CN2C3CC2CN(C(C)(C)C)C3)co1. The van der Waals surface area contributed by atoms with Gasteiger partial charge in [0, 0.05) is 44.2 Å². The lowest BCUT2D eigenvalue weighted by molar-refractivity contribution is -0.100. The summed E-state index contributed by atoms with van der Waals surface area (Å²) in [6.07, 6.45) is 3.15. The van der Waals surface area contributed by atoms with E-state index in [1.54, 1.807) is 6.26 Å². The Kier molecular flexibility index (Phi) is 2.75. The molecule has 2 aliphatic rings. The maximum absolute atomic E-state index is 5.28. The molecule has 0 spiro atoms. The van der Waals surface area contributed by atoms with Crippen molar-refractivity contribution in [3.05, 3.63) is 17.8 Å². The highest BCUT2D eigenvalue weighted by molar-refractivity contribution is 5.06. The molecule has 0 amide bonds. The molecule has 0 radical (unpaired) electrons. The minimum Gasteiger partial charge on any atom is -0.449 e. The number of aromatic nitrogens is 1. The number of hydrogen-bond acceptors (Lipinski definition) is 4. The Morgan fingerprint density at radius 2 is 2.00 bits per heavy atom. The highest BCUT2D eigenvalue weighted by Crippen LogP contribution is 2.36. The quantitative estimate of drug-likeness (QED) is 0.803. The van der Waals surface area contributed by atoms with Gasteiger partial charge in [0.1, 0.15) is 6.26 Å². The lowest BCUT2D eigenvalue weighted by Crippen LogP contribution is -2.70. The minimum atomic E-state index is 0.299. The number of fused-ring (bicyclic) bond motifs is 2. The second kappa shape index (κ2) is 4.07. The van der Waals surface area contributed by atoms with Crippen LogP contribution in [0.15, 0.2) is 10.7 Å². The summed E-state index contributed by atoms with van der Waals surface area (Å²) in [4.78, 5) is 9.60. The predicted octanol–water partition coefficient (Wildman–Crippen LogP) is 2.04. The second-order valence-corrected chi connectivity index (χ2v) is 6.65. The maximum Gasteiger partial charge on any atom is 0.191 e. The van der Waals surface area contributed by atoms with Crippen molar-refractivity contribution in [2.45, 2.75) is 58.3 Å². The monoisotopic (exact) mass is 249 g/mol. The van der Waals surface area contributed by atoms with Gasteiger partial charge in [0.2, 0.25) is 0 Å². The Hall–Kier alpha value is -0.870. The van der Waals surface area contributed by atoms with Gasteiger partial charge in [-0.15, -0.1) is 0 Å². The van der Waals surface area contributed by atoms with Gasteiger partial charge in [0.25, 0.3) is 0 Å². The van der Waals surface area contributed by atoms with Crippen LogP contribution in [0.4, 0.5) is 0 Å². The van der Waals surface area contributed by atoms with E-state index in [0.717, 1.165) is 18.1 Å². The number of likely N-dealkylation sites (tertiary alicyclic amines) is 2. The molecule has 2 bridgehead atoms. The Labute approximate surface area is 109 Å². The van der Waals surface area contributed by atoms with Crippen molar-refractivity contribution in [3.8, 4) is 0 Å². The molecule has 2 fully saturated rings. The van der Waals surface area contributed by atoms with Crippen LogP contribution in [0.2, 0.25) is 0 Å². The number of aryl methyl sites for hydroxylation is 1. The van der Waals surface area contributed by atoms with E-state index in [2.05, 4.69) is 35.6 Å². The normalized spacial score (nSPS) is 29.3. The van der Waals surface area contributed by atoms with E-state index in [9.17, 15) is 0 Å². The van der Waals surface area contributed by atoms with Gasteiger partial charge < -0.3 is 4.42 Å². The standard InChI is InChI=1S/C14H23N3O/c1-10-15-11(9-18-10)6-17-12-5-13(17)8-16(7-12)14(2,3)4/h9,12-13H,5-8H2,1-4H3. The number of nitrogens with zero attached hydrogens (tertiary/aromatic N) is 3. The molecule has 1 aromatic heterocycles. The lowest BCUT2D eigenvalue weighted by Gasteiger charge is -2.59. The highest BCUT2D eigenvalue weighted by atomic mass is 16.3. The molecule has 2 atom stereocenters. The summed E-state index contributed by atoms with van der Waals surface area (Å²) >= 11 is 0. The largest absolute Gasteiger partial charge is 0.449 e. The molecule has 18 heavy (non-hydrogen) atoms. The van der Waals surface area contributed by atoms with Crippen molar-refractivity contribution in [1.29, 1.82) is 0 Å². The van der Waals surface area contributed by atoms with Crippen LogP contribution in [-0.4, -0.2) is 45.5 Å². The Morgan fingerprint density at radius 3 is 2.50 bits per heavy atom. The molecule has 2 aliphatic heterocycles. The van der Waals surface area contributed by atoms with Crippen molar-refractivity contribution in [2.75, 3.05) is 13.1 Å². The summed E-state index contributed by atoms with van der Waals surface area (Å²) in [5.41, 5.74) is 1.37. The number of piperazine rings is 1. The number of hydrogen-bond donors (Lipinski definition) is 0. The highest BCUT2D eigenvalue weighted by Gasteiger charge is 2.46. The van der Waals surface area contributed by atoms with Gasteiger partial charge >= 0.3 is 0 Å². The first kappa shape index (κ1) is 12.2.